The second-order valence-electron chi connectivity index (χ2n) is 4.41. The van der Waals surface area contributed by atoms with Crippen molar-refractivity contribution >= 4 is 5.97 Å². The van der Waals surface area contributed by atoms with Gasteiger partial charge in [-0.2, -0.15) is 0 Å². The number of unbranched alkanes of at least 4 members (excludes halogenated alkanes) is 1. The van der Waals surface area contributed by atoms with E-state index < -0.39 is 0 Å². The molecule has 0 radical (unpaired) electrons. The summed E-state index contributed by atoms with van der Waals surface area (Å²) in [6, 6.07) is 0. The first-order valence-corrected chi connectivity index (χ1v) is 6.29. The standard InChI is InChI=1S/C12H24N2O2/c1-3-16-12(15)6-4-5-7-14-10-8-13(2)9-11-14/h3-11H2,1-2H3. The lowest BCUT2D eigenvalue weighted by molar-refractivity contribution is -0.143. The minimum atomic E-state index is -0.0547. The van der Waals surface area contributed by atoms with Crippen LogP contribution in [0.1, 0.15) is 26.2 Å². The lowest BCUT2D eigenvalue weighted by atomic mass is 10.2. The van der Waals surface area contributed by atoms with E-state index in [9.17, 15) is 4.79 Å². The molecular weight excluding hydrogens is 204 g/mol. The number of rotatable bonds is 6. The Morgan fingerprint density at radius 1 is 1.19 bits per heavy atom. The zero-order chi connectivity index (χ0) is 11.8. The number of carbonyl (C=O) groups is 1. The Kier molecular flexibility index (Phi) is 6.42. The molecule has 0 aromatic carbocycles. The summed E-state index contributed by atoms with van der Waals surface area (Å²) in [6.45, 7) is 8.12. The molecular formula is C12H24N2O2. The monoisotopic (exact) mass is 228 g/mol. The molecule has 1 saturated heterocycles. The first kappa shape index (κ1) is 13.5. The third-order valence-corrected chi connectivity index (χ3v) is 3.01. The average Bonchev–Trinajstić information content (AvgIpc) is 2.27. The number of likely N-dealkylation sites (N-methyl/N-ethyl adjacent to an activating group) is 1. The number of carbonyl (C=O) groups excluding carboxylic acids is 1. The minimum Gasteiger partial charge on any atom is -0.466 e. The van der Waals surface area contributed by atoms with Crippen LogP contribution in [0, 0.1) is 0 Å². The highest BCUT2D eigenvalue weighted by Gasteiger charge is 2.12. The fourth-order valence-electron chi connectivity index (χ4n) is 1.91. The third kappa shape index (κ3) is 5.47. The van der Waals surface area contributed by atoms with Gasteiger partial charge in [0.1, 0.15) is 0 Å². The van der Waals surface area contributed by atoms with Gasteiger partial charge in [-0.1, -0.05) is 0 Å². The molecule has 0 amide bonds. The van der Waals surface area contributed by atoms with Crippen molar-refractivity contribution in [1.29, 1.82) is 0 Å². The van der Waals surface area contributed by atoms with E-state index in [0.29, 0.717) is 13.0 Å². The van der Waals surface area contributed by atoms with Crippen LogP contribution < -0.4 is 0 Å². The maximum absolute atomic E-state index is 11.1. The molecule has 1 rings (SSSR count). The first-order valence-electron chi connectivity index (χ1n) is 6.29. The highest BCUT2D eigenvalue weighted by molar-refractivity contribution is 5.69. The van der Waals surface area contributed by atoms with Crippen LogP contribution >= 0.6 is 0 Å². The van der Waals surface area contributed by atoms with Crippen LogP contribution in [0.3, 0.4) is 0 Å². The SMILES string of the molecule is CCOC(=O)CCCCN1CCN(C)CC1. The van der Waals surface area contributed by atoms with E-state index in [2.05, 4.69) is 16.8 Å². The third-order valence-electron chi connectivity index (χ3n) is 3.01. The number of ether oxygens (including phenoxy) is 1. The van der Waals surface area contributed by atoms with Gasteiger partial charge >= 0.3 is 5.97 Å². The Labute approximate surface area is 98.5 Å². The average molecular weight is 228 g/mol. The van der Waals surface area contributed by atoms with Gasteiger partial charge < -0.3 is 14.5 Å². The van der Waals surface area contributed by atoms with Gasteiger partial charge in [-0.05, 0) is 33.4 Å². The smallest absolute Gasteiger partial charge is 0.305 e. The number of piperazine rings is 1. The van der Waals surface area contributed by atoms with Crippen molar-refractivity contribution < 1.29 is 9.53 Å². The van der Waals surface area contributed by atoms with E-state index in [0.717, 1.165) is 45.6 Å². The molecule has 0 aromatic heterocycles. The molecule has 0 saturated carbocycles. The van der Waals surface area contributed by atoms with Crippen molar-refractivity contribution in [3.63, 3.8) is 0 Å². The Balaban J connectivity index is 1.97. The molecule has 0 spiro atoms. The van der Waals surface area contributed by atoms with E-state index in [1.54, 1.807) is 0 Å². The zero-order valence-corrected chi connectivity index (χ0v) is 10.6. The fraction of sp³-hybridized carbons (Fsp3) is 0.917. The van der Waals surface area contributed by atoms with Crippen LogP contribution in [0.4, 0.5) is 0 Å². The molecule has 16 heavy (non-hydrogen) atoms. The highest BCUT2D eigenvalue weighted by Crippen LogP contribution is 2.03. The van der Waals surface area contributed by atoms with Gasteiger partial charge in [0.2, 0.25) is 0 Å². The molecule has 0 unspecified atom stereocenters. The molecule has 0 aromatic rings. The van der Waals surface area contributed by atoms with Crippen molar-refractivity contribution in [1.82, 2.24) is 9.80 Å². The van der Waals surface area contributed by atoms with Crippen molar-refractivity contribution in [3.05, 3.63) is 0 Å². The maximum atomic E-state index is 11.1. The van der Waals surface area contributed by atoms with Crippen molar-refractivity contribution in [3.8, 4) is 0 Å². The van der Waals surface area contributed by atoms with Crippen LogP contribution in [0.25, 0.3) is 0 Å². The van der Waals surface area contributed by atoms with Gasteiger partial charge in [0.05, 0.1) is 6.61 Å². The highest BCUT2D eigenvalue weighted by atomic mass is 16.5. The first-order chi connectivity index (χ1) is 7.72. The van der Waals surface area contributed by atoms with E-state index in [4.69, 9.17) is 4.74 Å². The molecule has 94 valence electrons. The van der Waals surface area contributed by atoms with E-state index in [1.165, 1.54) is 0 Å². The van der Waals surface area contributed by atoms with Crippen LogP contribution in [-0.2, 0) is 9.53 Å². The van der Waals surface area contributed by atoms with E-state index in [1.807, 2.05) is 6.92 Å². The number of esters is 1. The van der Waals surface area contributed by atoms with Crippen LogP contribution in [0.15, 0.2) is 0 Å². The summed E-state index contributed by atoms with van der Waals surface area (Å²) in [5, 5.41) is 0. The summed E-state index contributed by atoms with van der Waals surface area (Å²) in [4.78, 5) is 15.9. The molecule has 1 heterocycles. The normalized spacial score (nSPS) is 18.6. The number of nitrogens with zero attached hydrogens (tertiary/aromatic N) is 2. The summed E-state index contributed by atoms with van der Waals surface area (Å²) in [7, 11) is 2.16. The lowest BCUT2D eigenvalue weighted by Gasteiger charge is -2.32. The largest absolute Gasteiger partial charge is 0.466 e. The predicted molar refractivity (Wildman–Crippen MR) is 64.4 cm³/mol. The fourth-order valence-corrected chi connectivity index (χ4v) is 1.91. The zero-order valence-electron chi connectivity index (χ0n) is 10.6. The van der Waals surface area contributed by atoms with Gasteiger partial charge in [-0.3, -0.25) is 4.79 Å². The summed E-state index contributed by atoms with van der Waals surface area (Å²) < 4.78 is 4.89. The molecule has 4 heteroatoms. The van der Waals surface area contributed by atoms with Gasteiger partial charge in [0.15, 0.2) is 0 Å². The van der Waals surface area contributed by atoms with Crippen LogP contribution in [0.2, 0.25) is 0 Å². The molecule has 4 nitrogen and oxygen atoms in total. The Morgan fingerprint density at radius 2 is 1.88 bits per heavy atom. The van der Waals surface area contributed by atoms with E-state index >= 15 is 0 Å². The molecule has 0 aliphatic carbocycles. The van der Waals surface area contributed by atoms with Gasteiger partial charge in [-0.15, -0.1) is 0 Å². The molecule has 0 atom stereocenters. The molecule has 0 bridgehead atoms. The summed E-state index contributed by atoms with van der Waals surface area (Å²) in [6.07, 6.45) is 2.62. The Hall–Kier alpha value is -0.610. The van der Waals surface area contributed by atoms with Gasteiger partial charge in [0.25, 0.3) is 0 Å². The number of hydrogen-bond acceptors (Lipinski definition) is 4. The van der Waals surface area contributed by atoms with Crippen molar-refractivity contribution in [2.45, 2.75) is 26.2 Å². The van der Waals surface area contributed by atoms with E-state index in [-0.39, 0.29) is 5.97 Å². The minimum absolute atomic E-state index is 0.0547. The molecule has 0 N–H and O–H groups in total. The van der Waals surface area contributed by atoms with Gasteiger partial charge in [0, 0.05) is 32.6 Å². The quantitative estimate of drug-likeness (QED) is 0.501. The van der Waals surface area contributed by atoms with Crippen molar-refractivity contribution in [2.75, 3.05) is 46.4 Å². The predicted octanol–water partition coefficient (Wildman–Crippen LogP) is 0.967. The Morgan fingerprint density at radius 3 is 2.50 bits per heavy atom. The second kappa shape index (κ2) is 7.63. The van der Waals surface area contributed by atoms with Crippen molar-refractivity contribution in [2.24, 2.45) is 0 Å². The summed E-state index contributed by atoms with van der Waals surface area (Å²) >= 11 is 0. The molecule has 1 aliphatic heterocycles. The Bertz CT molecular complexity index is 201. The topological polar surface area (TPSA) is 32.8 Å². The maximum Gasteiger partial charge on any atom is 0.305 e. The summed E-state index contributed by atoms with van der Waals surface area (Å²) in [5.41, 5.74) is 0. The van der Waals surface area contributed by atoms with Crippen LogP contribution in [-0.4, -0.2) is 62.1 Å². The molecule has 1 aliphatic rings. The second-order valence-corrected chi connectivity index (χ2v) is 4.41. The summed E-state index contributed by atoms with van der Waals surface area (Å²) in [5.74, 6) is -0.0547. The van der Waals surface area contributed by atoms with Crippen LogP contribution in [0.5, 0.6) is 0 Å². The number of hydrogen-bond donors (Lipinski definition) is 0. The molecule has 1 fully saturated rings. The lowest BCUT2D eigenvalue weighted by Crippen LogP contribution is -2.44. The van der Waals surface area contributed by atoms with Gasteiger partial charge in [-0.25, -0.2) is 0 Å².